The van der Waals surface area contributed by atoms with Crippen molar-refractivity contribution in [1.82, 2.24) is 5.32 Å². The lowest BCUT2D eigenvalue weighted by molar-refractivity contribution is 0.302. The number of aryl methyl sites for hydroxylation is 1. The highest BCUT2D eigenvalue weighted by Gasteiger charge is 2.17. The Hall–Kier alpha value is -2.78. The molecule has 1 aromatic heterocycles. The molecule has 0 amide bonds. The van der Waals surface area contributed by atoms with Gasteiger partial charge in [0.1, 0.15) is 16.7 Å². The minimum Gasteiger partial charge on any atom is -0.396 e. The van der Waals surface area contributed by atoms with Gasteiger partial charge in [0.15, 0.2) is 11.6 Å². The van der Waals surface area contributed by atoms with Crippen LogP contribution in [-0.4, -0.2) is 18.8 Å². The highest BCUT2D eigenvalue weighted by molar-refractivity contribution is 7.15. The monoisotopic (exact) mass is 427 g/mol. The third-order valence-electron chi connectivity index (χ3n) is 3.99. The fourth-order valence-electron chi connectivity index (χ4n) is 2.44. The summed E-state index contributed by atoms with van der Waals surface area (Å²) in [6.45, 7) is 1.48. The van der Waals surface area contributed by atoms with E-state index in [9.17, 15) is 17.6 Å². The van der Waals surface area contributed by atoms with Crippen molar-refractivity contribution < 1.29 is 22.7 Å². The van der Waals surface area contributed by atoms with Crippen molar-refractivity contribution in [2.24, 2.45) is 0 Å². The van der Waals surface area contributed by atoms with Crippen LogP contribution < -0.4 is 16.4 Å². The van der Waals surface area contributed by atoms with E-state index >= 15 is 0 Å². The molecular formula is C20H21F4N3OS. The van der Waals surface area contributed by atoms with Crippen LogP contribution in [-0.2, 0) is 0 Å². The average molecular weight is 427 g/mol. The Labute approximate surface area is 170 Å². The fraction of sp³-hybridized carbons (Fsp3) is 0.200. The van der Waals surface area contributed by atoms with E-state index in [1.807, 2.05) is 0 Å². The molecule has 4 nitrogen and oxygen atoms in total. The molecule has 0 bridgehead atoms. The Balaban J connectivity index is 0.000000221. The van der Waals surface area contributed by atoms with E-state index in [2.05, 4.69) is 10.6 Å². The third-order valence-corrected chi connectivity index (χ3v) is 5.00. The number of anilines is 2. The molecule has 0 atom stereocenters. The molecule has 5 N–H and O–H groups in total. The summed E-state index contributed by atoms with van der Waals surface area (Å²) in [5.74, 6) is -2.96. The van der Waals surface area contributed by atoms with E-state index in [0.717, 1.165) is 17.3 Å². The Kier molecular flexibility index (Phi) is 7.86. The summed E-state index contributed by atoms with van der Waals surface area (Å²) >= 11 is 1.36. The maximum absolute atomic E-state index is 13.8. The molecule has 1 aliphatic rings. The first kappa shape index (κ1) is 22.5. The number of thiophene rings is 1. The van der Waals surface area contributed by atoms with Crippen LogP contribution in [0.25, 0.3) is 11.1 Å². The van der Waals surface area contributed by atoms with Crippen molar-refractivity contribution in [2.45, 2.75) is 13.3 Å². The minimum absolute atomic E-state index is 0.0509. The highest BCUT2D eigenvalue weighted by atomic mass is 32.1. The molecule has 0 fully saturated rings. The number of benzene rings is 1. The van der Waals surface area contributed by atoms with Gasteiger partial charge in [0.2, 0.25) is 0 Å². The summed E-state index contributed by atoms with van der Waals surface area (Å²) in [5, 5.41) is 16.2. The van der Waals surface area contributed by atoms with Crippen LogP contribution in [0.3, 0.4) is 0 Å². The molecule has 2 aromatic rings. The first-order valence-electron chi connectivity index (χ1n) is 8.60. The molecule has 156 valence electrons. The zero-order valence-corrected chi connectivity index (χ0v) is 16.6. The molecule has 0 aliphatic carbocycles. The predicted octanol–water partition coefficient (Wildman–Crippen LogP) is 5.15. The predicted molar refractivity (Wildman–Crippen MR) is 110 cm³/mol. The number of hydrogen-bond acceptors (Lipinski definition) is 5. The third kappa shape index (κ3) is 5.39. The quantitative estimate of drug-likeness (QED) is 0.510. The van der Waals surface area contributed by atoms with Gasteiger partial charge in [0.05, 0.1) is 11.4 Å². The molecule has 0 unspecified atom stereocenters. The van der Waals surface area contributed by atoms with Gasteiger partial charge in [0, 0.05) is 42.4 Å². The minimum atomic E-state index is -0.850. The summed E-state index contributed by atoms with van der Waals surface area (Å²) in [5.41, 5.74) is 7.51. The molecule has 3 rings (SSSR count). The van der Waals surface area contributed by atoms with Crippen LogP contribution in [0.2, 0.25) is 0 Å². The van der Waals surface area contributed by atoms with Crippen LogP contribution in [0.4, 0.5) is 28.3 Å². The standard InChI is InChI=1S/C12H12F2N2S.C8H9F2NO/c1-6-3-4-7(10(14)9(6)13)8-5-17-12(16-2)11(8)15;9-6-4-7(10)8(11-5-6)2-1-3-12/h3-5,16H,15H2,1-2H3;2,4-5,11-12H,1,3H2/b;8-2-. The van der Waals surface area contributed by atoms with Crippen molar-refractivity contribution in [2.75, 3.05) is 24.7 Å². The molecule has 1 aliphatic heterocycles. The van der Waals surface area contributed by atoms with Crippen LogP contribution in [0.1, 0.15) is 12.0 Å². The number of allylic oxidation sites excluding steroid dienone is 3. The molecule has 0 radical (unpaired) electrons. The van der Waals surface area contributed by atoms with Gasteiger partial charge in [0.25, 0.3) is 0 Å². The van der Waals surface area contributed by atoms with E-state index < -0.39 is 23.3 Å². The smallest absolute Gasteiger partial charge is 0.167 e. The second-order valence-electron chi connectivity index (χ2n) is 6.00. The zero-order chi connectivity index (χ0) is 21.6. The summed E-state index contributed by atoms with van der Waals surface area (Å²) in [6, 6.07) is 3.09. The number of hydrogen-bond donors (Lipinski definition) is 4. The Morgan fingerprint density at radius 2 is 1.90 bits per heavy atom. The van der Waals surface area contributed by atoms with Crippen molar-refractivity contribution in [1.29, 1.82) is 0 Å². The van der Waals surface area contributed by atoms with Gasteiger partial charge in [-0.15, -0.1) is 11.3 Å². The Bertz CT molecular complexity index is 967. The summed E-state index contributed by atoms with van der Waals surface area (Å²) in [7, 11) is 1.73. The van der Waals surface area contributed by atoms with E-state index in [-0.39, 0.29) is 23.4 Å². The van der Waals surface area contributed by atoms with Crippen molar-refractivity contribution in [3.63, 3.8) is 0 Å². The van der Waals surface area contributed by atoms with Gasteiger partial charge in [-0.2, -0.15) is 0 Å². The van der Waals surface area contributed by atoms with Crippen LogP contribution in [0.15, 0.2) is 53.2 Å². The number of halogens is 4. The molecule has 1 aromatic carbocycles. The lowest BCUT2D eigenvalue weighted by Crippen LogP contribution is -2.10. The molecular weight excluding hydrogens is 406 g/mol. The van der Waals surface area contributed by atoms with Crippen molar-refractivity contribution in [3.05, 3.63) is 70.4 Å². The second-order valence-corrected chi connectivity index (χ2v) is 6.88. The zero-order valence-electron chi connectivity index (χ0n) is 15.8. The summed E-state index contributed by atoms with van der Waals surface area (Å²) in [6.07, 6.45) is 3.67. The summed E-state index contributed by atoms with van der Waals surface area (Å²) < 4.78 is 52.4. The number of dihydropyridines is 1. The Morgan fingerprint density at radius 3 is 2.48 bits per heavy atom. The largest absolute Gasteiger partial charge is 0.396 e. The van der Waals surface area contributed by atoms with Gasteiger partial charge in [-0.25, -0.2) is 17.6 Å². The summed E-state index contributed by atoms with van der Waals surface area (Å²) in [4.78, 5) is 0. The van der Waals surface area contributed by atoms with Crippen molar-refractivity contribution in [3.8, 4) is 11.1 Å². The average Bonchev–Trinajstić information content (AvgIpc) is 3.06. The van der Waals surface area contributed by atoms with Crippen LogP contribution >= 0.6 is 11.3 Å². The second kappa shape index (κ2) is 10.1. The molecule has 9 heteroatoms. The van der Waals surface area contributed by atoms with Gasteiger partial charge >= 0.3 is 0 Å². The van der Waals surface area contributed by atoms with E-state index in [4.69, 9.17) is 10.8 Å². The number of nitrogen functional groups attached to an aromatic ring is 1. The van der Waals surface area contributed by atoms with Crippen LogP contribution in [0, 0.1) is 18.6 Å². The number of aliphatic hydroxyl groups is 1. The first-order chi connectivity index (χ1) is 13.8. The Morgan fingerprint density at radius 1 is 1.17 bits per heavy atom. The lowest BCUT2D eigenvalue weighted by atomic mass is 10.0. The molecule has 0 saturated heterocycles. The van der Waals surface area contributed by atoms with Gasteiger partial charge in [-0.05, 0) is 18.9 Å². The number of nitrogens with two attached hydrogens (primary N) is 1. The number of nitrogens with one attached hydrogen (secondary N) is 2. The van der Waals surface area contributed by atoms with Crippen molar-refractivity contribution >= 4 is 22.0 Å². The number of aliphatic hydroxyl groups excluding tert-OH is 1. The van der Waals surface area contributed by atoms with Gasteiger partial charge in [-0.1, -0.05) is 18.2 Å². The van der Waals surface area contributed by atoms with Gasteiger partial charge in [-0.3, -0.25) is 0 Å². The molecule has 29 heavy (non-hydrogen) atoms. The molecule has 2 heterocycles. The molecule has 0 spiro atoms. The van der Waals surface area contributed by atoms with E-state index in [1.165, 1.54) is 24.3 Å². The first-order valence-corrected chi connectivity index (χ1v) is 9.48. The fourth-order valence-corrected chi connectivity index (χ4v) is 3.29. The topological polar surface area (TPSA) is 70.3 Å². The normalized spacial score (nSPS) is 14.5. The highest BCUT2D eigenvalue weighted by Crippen LogP contribution is 2.39. The maximum atomic E-state index is 13.8. The van der Waals surface area contributed by atoms with Crippen LogP contribution in [0.5, 0.6) is 0 Å². The lowest BCUT2D eigenvalue weighted by Gasteiger charge is -2.08. The van der Waals surface area contributed by atoms with E-state index in [1.54, 1.807) is 24.6 Å². The molecule has 0 saturated carbocycles. The van der Waals surface area contributed by atoms with Gasteiger partial charge < -0.3 is 21.5 Å². The SMILES string of the molecule is CNc1scc(-c2ccc(C)c(F)c2F)c1N.OCC/C=C1\NC=C(F)C=C1F. The number of rotatable bonds is 4. The maximum Gasteiger partial charge on any atom is 0.167 e. The van der Waals surface area contributed by atoms with E-state index in [0.29, 0.717) is 17.7 Å².